The Kier molecular flexibility index (Phi) is 5.43. The normalized spacial score (nSPS) is 10.9. The molecule has 1 amide bonds. The molecule has 0 atom stereocenters. The van der Waals surface area contributed by atoms with E-state index in [9.17, 15) is 4.79 Å². The third-order valence-corrected chi connectivity index (χ3v) is 4.99. The van der Waals surface area contributed by atoms with E-state index < -0.39 is 0 Å². The first-order chi connectivity index (χ1) is 14.5. The van der Waals surface area contributed by atoms with E-state index in [1.165, 1.54) is 5.56 Å². The smallest absolute Gasteiger partial charge is 0.257 e. The molecule has 30 heavy (non-hydrogen) atoms. The summed E-state index contributed by atoms with van der Waals surface area (Å²) < 4.78 is 7.23. The van der Waals surface area contributed by atoms with Crippen LogP contribution in [0.15, 0.2) is 65.3 Å². The molecule has 4 aromatic rings. The Morgan fingerprint density at radius 3 is 2.63 bits per heavy atom. The Labute approximate surface area is 175 Å². The van der Waals surface area contributed by atoms with Gasteiger partial charge in [-0.3, -0.25) is 4.79 Å². The molecule has 0 aliphatic heterocycles. The topological polar surface area (TPSA) is 77.1 Å². The first-order valence-corrected chi connectivity index (χ1v) is 9.77. The number of aryl methyl sites for hydroxylation is 1. The van der Waals surface area contributed by atoms with Crippen molar-refractivity contribution in [3.05, 3.63) is 83.5 Å². The van der Waals surface area contributed by atoms with Crippen LogP contribution in [0.5, 0.6) is 0 Å². The summed E-state index contributed by atoms with van der Waals surface area (Å²) in [5, 5.41) is 4.36. The summed E-state index contributed by atoms with van der Waals surface area (Å²) in [6.07, 6.45) is 4.03. The highest BCUT2D eigenvalue weighted by molar-refractivity contribution is 5.95. The summed E-state index contributed by atoms with van der Waals surface area (Å²) in [6.45, 7) is 4.35. The number of carbonyl (C=O) groups excluding carboxylic acids is 1. The third kappa shape index (κ3) is 4.00. The van der Waals surface area contributed by atoms with Crippen LogP contribution < -0.4 is 0 Å². The van der Waals surface area contributed by atoms with Gasteiger partial charge in [0, 0.05) is 19.8 Å². The van der Waals surface area contributed by atoms with Gasteiger partial charge in [0.1, 0.15) is 11.5 Å². The Bertz CT molecular complexity index is 1160. The monoisotopic (exact) mass is 401 g/mol. The number of likely N-dealkylation sites (N-methyl/N-ethyl adjacent to an activating group) is 1. The highest BCUT2D eigenvalue weighted by Gasteiger charge is 2.20. The maximum absolute atomic E-state index is 12.9. The molecule has 4 rings (SSSR count). The summed E-state index contributed by atoms with van der Waals surface area (Å²) in [6, 6.07) is 15.7. The quantitative estimate of drug-likeness (QED) is 0.490. The largest absolute Gasteiger partial charge is 0.460 e. The second-order valence-corrected chi connectivity index (χ2v) is 7.17. The lowest BCUT2D eigenvalue weighted by Gasteiger charge is -2.17. The highest BCUT2D eigenvalue weighted by Crippen LogP contribution is 2.21. The summed E-state index contributed by atoms with van der Waals surface area (Å²) in [7, 11) is 1.80. The van der Waals surface area contributed by atoms with Crippen LogP contribution in [0.4, 0.5) is 0 Å². The van der Waals surface area contributed by atoms with Crippen LogP contribution in [0.3, 0.4) is 0 Å². The average molecular weight is 401 g/mol. The van der Waals surface area contributed by atoms with E-state index in [-0.39, 0.29) is 5.91 Å². The van der Waals surface area contributed by atoms with Gasteiger partial charge in [0.25, 0.3) is 11.9 Å². The van der Waals surface area contributed by atoms with Crippen molar-refractivity contribution in [2.45, 2.75) is 20.3 Å². The molecule has 7 heteroatoms. The van der Waals surface area contributed by atoms with Crippen LogP contribution in [-0.2, 0) is 6.42 Å². The molecule has 0 N–H and O–H groups in total. The Morgan fingerprint density at radius 2 is 1.90 bits per heavy atom. The fourth-order valence-corrected chi connectivity index (χ4v) is 3.23. The number of benzene rings is 1. The molecular weight excluding hydrogens is 378 g/mol. The molecule has 3 heterocycles. The van der Waals surface area contributed by atoms with Crippen molar-refractivity contribution in [1.82, 2.24) is 24.6 Å². The van der Waals surface area contributed by atoms with E-state index in [0.29, 0.717) is 35.2 Å². The lowest BCUT2D eigenvalue weighted by molar-refractivity contribution is 0.0796. The zero-order valence-electron chi connectivity index (χ0n) is 17.2. The number of nitrogens with zero attached hydrogens (tertiary/aromatic N) is 5. The second-order valence-electron chi connectivity index (χ2n) is 7.17. The first-order valence-electron chi connectivity index (χ1n) is 9.77. The fraction of sp³-hybridized carbons (Fsp3) is 0.217. The molecule has 0 spiro atoms. The van der Waals surface area contributed by atoms with E-state index >= 15 is 0 Å². The van der Waals surface area contributed by atoms with Crippen molar-refractivity contribution >= 4 is 5.91 Å². The first kappa shape index (κ1) is 19.6. The van der Waals surface area contributed by atoms with Crippen molar-refractivity contribution in [1.29, 1.82) is 0 Å². The van der Waals surface area contributed by atoms with Crippen molar-refractivity contribution in [2.75, 3.05) is 13.6 Å². The molecular formula is C23H23N5O2. The van der Waals surface area contributed by atoms with E-state index in [4.69, 9.17) is 4.42 Å². The van der Waals surface area contributed by atoms with Crippen LogP contribution in [-0.4, -0.2) is 44.1 Å². The predicted octanol–water partition coefficient (Wildman–Crippen LogP) is 3.85. The van der Waals surface area contributed by atoms with Crippen LogP contribution in [0.1, 0.15) is 27.4 Å². The molecule has 0 saturated carbocycles. The molecule has 0 bridgehead atoms. The molecule has 0 fully saturated rings. The number of hydrogen-bond acceptors (Lipinski definition) is 5. The van der Waals surface area contributed by atoms with Crippen molar-refractivity contribution < 1.29 is 9.21 Å². The lowest BCUT2D eigenvalue weighted by Crippen LogP contribution is -2.29. The zero-order valence-corrected chi connectivity index (χ0v) is 17.2. The van der Waals surface area contributed by atoms with Gasteiger partial charge in [-0.15, -0.1) is 0 Å². The number of rotatable bonds is 6. The van der Waals surface area contributed by atoms with E-state index in [2.05, 4.69) is 27.2 Å². The van der Waals surface area contributed by atoms with Gasteiger partial charge >= 0.3 is 0 Å². The number of furan rings is 1. The van der Waals surface area contributed by atoms with Gasteiger partial charge in [-0.1, -0.05) is 30.3 Å². The standard InChI is InChI=1S/C23H23N5O2/c1-16-9-10-21(30-16)20-11-13-24-23(26-20)28-17(2)19(15-25-28)22(29)27(3)14-12-18-7-5-4-6-8-18/h4-11,13,15H,12,14H2,1-3H3. The van der Waals surface area contributed by atoms with Gasteiger partial charge in [0.05, 0.1) is 17.5 Å². The third-order valence-electron chi connectivity index (χ3n) is 4.99. The zero-order chi connectivity index (χ0) is 21.1. The van der Waals surface area contributed by atoms with Crippen LogP contribution in [0, 0.1) is 13.8 Å². The van der Waals surface area contributed by atoms with Crippen molar-refractivity contribution in [3.63, 3.8) is 0 Å². The van der Waals surface area contributed by atoms with Crippen LogP contribution in [0.2, 0.25) is 0 Å². The van der Waals surface area contributed by atoms with Crippen LogP contribution >= 0.6 is 0 Å². The minimum Gasteiger partial charge on any atom is -0.460 e. The van der Waals surface area contributed by atoms with E-state index in [0.717, 1.165) is 12.2 Å². The molecule has 0 aliphatic rings. The average Bonchev–Trinajstić information content (AvgIpc) is 3.38. The van der Waals surface area contributed by atoms with Gasteiger partial charge < -0.3 is 9.32 Å². The SMILES string of the molecule is Cc1ccc(-c2ccnc(-n3ncc(C(=O)N(C)CCc4ccccc4)c3C)n2)o1. The predicted molar refractivity (Wildman–Crippen MR) is 113 cm³/mol. The van der Waals surface area contributed by atoms with Crippen molar-refractivity contribution in [3.8, 4) is 17.4 Å². The maximum atomic E-state index is 12.9. The Morgan fingerprint density at radius 1 is 1.10 bits per heavy atom. The van der Waals surface area contributed by atoms with Gasteiger partial charge in [-0.05, 0) is 44.0 Å². The van der Waals surface area contributed by atoms with E-state index in [1.54, 1.807) is 35.1 Å². The number of amides is 1. The Balaban J connectivity index is 1.53. The summed E-state index contributed by atoms with van der Waals surface area (Å²) in [4.78, 5) is 23.5. The van der Waals surface area contributed by atoms with Gasteiger partial charge in [0.2, 0.25) is 0 Å². The molecule has 0 radical (unpaired) electrons. The van der Waals surface area contributed by atoms with Gasteiger partial charge in [0.15, 0.2) is 5.76 Å². The van der Waals surface area contributed by atoms with Crippen LogP contribution in [0.25, 0.3) is 17.4 Å². The molecule has 0 aliphatic carbocycles. The summed E-state index contributed by atoms with van der Waals surface area (Å²) in [5.41, 5.74) is 3.09. The van der Waals surface area contributed by atoms with Gasteiger partial charge in [-0.2, -0.15) is 5.10 Å². The summed E-state index contributed by atoms with van der Waals surface area (Å²) in [5.74, 6) is 1.79. The Hall–Kier alpha value is -3.74. The summed E-state index contributed by atoms with van der Waals surface area (Å²) >= 11 is 0. The minimum absolute atomic E-state index is 0.0764. The maximum Gasteiger partial charge on any atom is 0.257 e. The molecule has 0 unspecified atom stereocenters. The molecule has 152 valence electrons. The fourth-order valence-electron chi connectivity index (χ4n) is 3.23. The highest BCUT2D eigenvalue weighted by atomic mass is 16.3. The number of hydrogen-bond donors (Lipinski definition) is 0. The molecule has 3 aromatic heterocycles. The number of aromatic nitrogens is 4. The van der Waals surface area contributed by atoms with Crippen molar-refractivity contribution in [2.24, 2.45) is 0 Å². The second kappa shape index (κ2) is 8.32. The molecule has 1 aromatic carbocycles. The lowest BCUT2D eigenvalue weighted by atomic mass is 10.1. The molecule has 0 saturated heterocycles. The molecule has 7 nitrogen and oxygen atoms in total. The number of carbonyl (C=O) groups is 1. The van der Waals surface area contributed by atoms with Gasteiger partial charge in [-0.25, -0.2) is 14.6 Å². The van der Waals surface area contributed by atoms with E-state index in [1.807, 2.05) is 44.2 Å². The minimum atomic E-state index is -0.0764.